The first-order chi connectivity index (χ1) is 9.43. The first-order valence-electron chi connectivity index (χ1n) is 7.72. The molecule has 0 bridgehead atoms. The average Bonchev–Trinajstić information content (AvgIpc) is 2.40. The van der Waals surface area contributed by atoms with Gasteiger partial charge in [-0.15, -0.1) is 0 Å². The first-order valence-corrected chi connectivity index (χ1v) is 7.72. The predicted octanol–water partition coefficient (Wildman–Crippen LogP) is 0.700. The number of nitrogens with zero attached hydrogens (tertiary/aromatic N) is 2. The largest absolute Gasteiger partial charge is 0.342 e. The van der Waals surface area contributed by atoms with Gasteiger partial charge in [0.1, 0.15) is 6.04 Å². The van der Waals surface area contributed by atoms with Crippen molar-refractivity contribution in [3.8, 4) is 0 Å². The van der Waals surface area contributed by atoms with Crippen LogP contribution in [0.4, 0.5) is 0 Å². The van der Waals surface area contributed by atoms with Gasteiger partial charge in [-0.2, -0.15) is 0 Å². The van der Waals surface area contributed by atoms with Crippen molar-refractivity contribution in [1.29, 1.82) is 0 Å². The maximum atomic E-state index is 12.7. The Morgan fingerprint density at radius 3 is 2.70 bits per heavy atom. The second kappa shape index (κ2) is 6.12. The minimum absolute atomic E-state index is 0.0129. The molecule has 2 aliphatic heterocycles. The van der Waals surface area contributed by atoms with Crippen LogP contribution < -0.4 is 5.32 Å². The number of nitrogens with one attached hydrogen (secondary N) is 1. The van der Waals surface area contributed by atoms with E-state index in [4.69, 9.17) is 0 Å². The van der Waals surface area contributed by atoms with Crippen LogP contribution in [0.25, 0.3) is 0 Å². The van der Waals surface area contributed by atoms with Crippen molar-refractivity contribution in [1.82, 2.24) is 15.1 Å². The van der Waals surface area contributed by atoms with Crippen molar-refractivity contribution in [2.75, 3.05) is 26.7 Å². The van der Waals surface area contributed by atoms with E-state index in [9.17, 15) is 9.59 Å². The molecule has 0 aromatic rings. The van der Waals surface area contributed by atoms with Gasteiger partial charge in [-0.25, -0.2) is 0 Å². The van der Waals surface area contributed by atoms with Gasteiger partial charge in [0.15, 0.2) is 0 Å². The van der Waals surface area contributed by atoms with E-state index < -0.39 is 0 Å². The van der Waals surface area contributed by atoms with Crippen LogP contribution in [0.3, 0.4) is 0 Å². The molecular formula is C15H27N3O2. The number of rotatable bonds is 3. The van der Waals surface area contributed by atoms with E-state index in [-0.39, 0.29) is 36.4 Å². The van der Waals surface area contributed by atoms with Crippen LogP contribution in [-0.4, -0.2) is 60.4 Å². The Balaban J connectivity index is 2.13. The molecule has 0 aromatic heterocycles. The Morgan fingerprint density at radius 1 is 1.40 bits per heavy atom. The molecule has 2 fully saturated rings. The Hall–Kier alpha value is -1.10. The number of carbonyl (C=O) groups is 2. The smallest absolute Gasteiger partial charge is 0.246 e. The third-order valence-electron chi connectivity index (χ3n) is 4.86. The first kappa shape index (κ1) is 15.3. The molecule has 20 heavy (non-hydrogen) atoms. The maximum absolute atomic E-state index is 12.7. The lowest BCUT2D eigenvalue weighted by molar-refractivity contribution is -0.150. The topological polar surface area (TPSA) is 52.7 Å². The molecule has 0 spiro atoms. The highest BCUT2D eigenvalue weighted by molar-refractivity contribution is 5.95. The summed E-state index contributed by atoms with van der Waals surface area (Å²) < 4.78 is 0. The quantitative estimate of drug-likeness (QED) is 0.828. The minimum Gasteiger partial charge on any atom is -0.342 e. The summed E-state index contributed by atoms with van der Waals surface area (Å²) in [6.07, 6.45) is 1.86. The van der Waals surface area contributed by atoms with Gasteiger partial charge in [-0.3, -0.25) is 9.59 Å². The van der Waals surface area contributed by atoms with Gasteiger partial charge in [0.2, 0.25) is 11.8 Å². The van der Waals surface area contributed by atoms with Gasteiger partial charge in [-0.1, -0.05) is 27.2 Å². The van der Waals surface area contributed by atoms with E-state index >= 15 is 0 Å². The highest BCUT2D eigenvalue weighted by Crippen LogP contribution is 2.25. The molecule has 0 saturated carbocycles. The van der Waals surface area contributed by atoms with E-state index in [1.165, 1.54) is 0 Å². The molecule has 2 rings (SSSR count). The summed E-state index contributed by atoms with van der Waals surface area (Å²) in [5.41, 5.74) is 0. The van der Waals surface area contributed by atoms with Crippen LogP contribution in [0.5, 0.6) is 0 Å². The van der Waals surface area contributed by atoms with Crippen LogP contribution in [0.1, 0.15) is 33.6 Å². The molecule has 0 aliphatic carbocycles. The predicted molar refractivity (Wildman–Crippen MR) is 78.2 cm³/mol. The van der Waals surface area contributed by atoms with Gasteiger partial charge in [-0.05, 0) is 31.8 Å². The van der Waals surface area contributed by atoms with Crippen molar-refractivity contribution >= 4 is 11.8 Å². The van der Waals surface area contributed by atoms with Gasteiger partial charge in [0.25, 0.3) is 0 Å². The Kier molecular flexibility index (Phi) is 4.68. The van der Waals surface area contributed by atoms with Crippen molar-refractivity contribution in [2.45, 2.75) is 45.7 Å². The Labute approximate surface area is 121 Å². The highest BCUT2D eigenvalue weighted by Gasteiger charge is 2.41. The van der Waals surface area contributed by atoms with Gasteiger partial charge < -0.3 is 15.1 Å². The molecule has 5 heteroatoms. The lowest BCUT2D eigenvalue weighted by Crippen LogP contribution is -2.64. The fourth-order valence-corrected chi connectivity index (χ4v) is 3.40. The Bertz CT molecular complexity index is 385. The zero-order valence-electron chi connectivity index (χ0n) is 13.1. The molecule has 1 N–H and O–H groups in total. The molecule has 2 aliphatic rings. The number of piperazine rings is 1. The summed E-state index contributed by atoms with van der Waals surface area (Å²) in [6, 6.07) is -0.135. The zero-order chi connectivity index (χ0) is 14.9. The zero-order valence-corrected chi connectivity index (χ0v) is 13.1. The molecule has 114 valence electrons. The summed E-state index contributed by atoms with van der Waals surface area (Å²) in [5, 5.41) is 2.87. The summed E-state index contributed by atoms with van der Waals surface area (Å²) in [4.78, 5) is 28.8. The lowest BCUT2D eigenvalue weighted by atomic mass is 9.89. The maximum Gasteiger partial charge on any atom is 0.246 e. The third kappa shape index (κ3) is 2.97. The number of likely N-dealkylation sites (tertiary alicyclic amines) is 1. The SMILES string of the molecule is CCC(C)C1NC(=O)CN(C2CCN(C)CC2C)C1=O. The molecule has 2 saturated heterocycles. The lowest BCUT2D eigenvalue weighted by Gasteiger charge is -2.45. The normalized spacial score (nSPS) is 34.0. The summed E-state index contributed by atoms with van der Waals surface area (Å²) in [6.45, 7) is 8.48. The number of amides is 2. The highest BCUT2D eigenvalue weighted by atomic mass is 16.2. The minimum atomic E-state index is -0.340. The summed E-state index contributed by atoms with van der Waals surface area (Å²) in [5.74, 6) is 0.707. The molecule has 2 heterocycles. The van der Waals surface area contributed by atoms with Crippen LogP contribution in [-0.2, 0) is 9.59 Å². The van der Waals surface area contributed by atoms with E-state index in [0.29, 0.717) is 5.92 Å². The van der Waals surface area contributed by atoms with E-state index in [2.05, 4.69) is 31.1 Å². The summed E-state index contributed by atoms with van der Waals surface area (Å²) in [7, 11) is 2.11. The molecule has 5 nitrogen and oxygen atoms in total. The van der Waals surface area contributed by atoms with Crippen LogP contribution >= 0.6 is 0 Å². The fraction of sp³-hybridized carbons (Fsp3) is 0.867. The average molecular weight is 281 g/mol. The molecule has 2 amide bonds. The third-order valence-corrected chi connectivity index (χ3v) is 4.86. The van der Waals surface area contributed by atoms with Crippen LogP contribution in [0.2, 0.25) is 0 Å². The number of carbonyl (C=O) groups excluding carboxylic acids is 2. The van der Waals surface area contributed by atoms with E-state index in [1.807, 2.05) is 11.8 Å². The van der Waals surface area contributed by atoms with Gasteiger partial charge in [0, 0.05) is 12.6 Å². The van der Waals surface area contributed by atoms with Crippen molar-refractivity contribution < 1.29 is 9.59 Å². The molecule has 4 unspecified atom stereocenters. The van der Waals surface area contributed by atoms with Crippen molar-refractivity contribution in [2.24, 2.45) is 11.8 Å². The fourth-order valence-electron chi connectivity index (χ4n) is 3.40. The van der Waals surface area contributed by atoms with E-state index in [0.717, 1.165) is 25.9 Å². The van der Waals surface area contributed by atoms with Crippen LogP contribution in [0.15, 0.2) is 0 Å². The second-order valence-electron chi connectivity index (χ2n) is 6.49. The van der Waals surface area contributed by atoms with Gasteiger partial charge >= 0.3 is 0 Å². The molecule has 0 aromatic carbocycles. The standard InChI is InChI=1S/C15H27N3O2/c1-5-10(2)14-15(20)18(9-13(19)16-14)12-6-7-17(4)8-11(12)3/h10-12,14H,5-9H2,1-4H3,(H,16,19). The molecule has 4 atom stereocenters. The van der Waals surface area contributed by atoms with Crippen molar-refractivity contribution in [3.63, 3.8) is 0 Å². The van der Waals surface area contributed by atoms with Crippen LogP contribution in [0, 0.1) is 11.8 Å². The number of piperidine rings is 1. The molecular weight excluding hydrogens is 254 g/mol. The number of hydrogen-bond donors (Lipinski definition) is 1. The Morgan fingerprint density at radius 2 is 2.10 bits per heavy atom. The number of hydrogen-bond acceptors (Lipinski definition) is 3. The van der Waals surface area contributed by atoms with Gasteiger partial charge in [0.05, 0.1) is 6.54 Å². The second-order valence-corrected chi connectivity index (χ2v) is 6.49. The summed E-state index contributed by atoms with van der Waals surface area (Å²) >= 11 is 0. The molecule has 0 radical (unpaired) electrons. The van der Waals surface area contributed by atoms with Crippen molar-refractivity contribution in [3.05, 3.63) is 0 Å². The van der Waals surface area contributed by atoms with E-state index in [1.54, 1.807) is 0 Å². The monoisotopic (exact) mass is 281 g/mol.